The molecule has 7 nitrogen and oxygen atoms in total. The van der Waals surface area contributed by atoms with Crippen molar-refractivity contribution in [3.8, 4) is 5.75 Å². The van der Waals surface area contributed by atoms with Crippen LogP contribution in [0.15, 0.2) is 57.6 Å². The summed E-state index contributed by atoms with van der Waals surface area (Å²) in [5, 5.41) is 12.1. The summed E-state index contributed by atoms with van der Waals surface area (Å²) in [7, 11) is 0. The first-order valence-corrected chi connectivity index (χ1v) is 10.6. The van der Waals surface area contributed by atoms with Crippen LogP contribution in [0.1, 0.15) is 24.6 Å². The van der Waals surface area contributed by atoms with Crippen molar-refractivity contribution in [2.75, 3.05) is 5.32 Å². The number of rotatable bonds is 5. The van der Waals surface area contributed by atoms with E-state index in [-0.39, 0.29) is 53.6 Å². The Morgan fingerprint density at radius 3 is 2.30 bits per heavy atom. The maximum absolute atomic E-state index is 13.2. The third-order valence-electron chi connectivity index (χ3n) is 6.27. The van der Waals surface area contributed by atoms with Crippen molar-refractivity contribution >= 4 is 39.3 Å². The van der Waals surface area contributed by atoms with Gasteiger partial charge in [-0.3, -0.25) is 19.3 Å². The topological polar surface area (TPSA) is 99.9 Å². The Labute approximate surface area is 180 Å². The van der Waals surface area contributed by atoms with E-state index in [0.717, 1.165) is 6.42 Å². The van der Waals surface area contributed by atoms with Crippen LogP contribution in [0, 0.1) is 23.7 Å². The van der Waals surface area contributed by atoms with Crippen LogP contribution >= 0.6 is 15.9 Å². The molecule has 3 aliphatic rings. The number of aromatic hydroxyl groups is 1. The van der Waals surface area contributed by atoms with Gasteiger partial charge in [0.05, 0.1) is 18.3 Å². The number of fused-ring (bicyclic) bond motifs is 5. The van der Waals surface area contributed by atoms with Crippen LogP contribution in [0.2, 0.25) is 0 Å². The van der Waals surface area contributed by atoms with Gasteiger partial charge in [-0.05, 0) is 70.6 Å². The Balaban J connectivity index is 1.42. The summed E-state index contributed by atoms with van der Waals surface area (Å²) >= 11 is 3.25. The SMILES string of the molecule is O=C(CC(c1ccc(Br)o1)N1C(=O)C2C3C=CC(C3)C2C1=O)Nc1ccc(O)cc1. The summed E-state index contributed by atoms with van der Waals surface area (Å²) in [6, 6.07) is 8.61. The molecular weight excluding hydrogens is 452 g/mol. The van der Waals surface area contributed by atoms with Crippen LogP contribution in [0.4, 0.5) is 5.69 Å². The molecule has 0 radical (unpaired) electrons. The van der Waals surface area contributed by atoms with E-state index >= 15 is 0 Å². The van der Waals surface area contributed by atoms with E-state index in [0.29, 0.717) is 16.1 Å². The van der Waals surface area contributed by atoms with Gasteiger partial charge in [0.15, 0.2) is 4.67 Å². The number of hydrogen-bond donors (Lipinski definition) is 2. The Hall–Kier alpha value is -2.87. The molecule has 3 amide bonds. The van der Waals surface area contributed by atoms with Gasteiger partial charge >= 0.3 is 0 Å². The van der Waals surface area contributed by atoms with E-state index in [4.69, 9.17) is 4.42 Å². The molecule has 1 saturated heterocycles. The molecule has 2 aliphatic carbocycles. The van der Waals surface area contributed by atoms with Gasteiger partial charge < -0.3 is 14.8 Å². The predicted molar refractivity (Wildman–Crippen MR) is 110 cm³/mol. The van der Waals surface area contributed by atoms with E-state index in [1.165, 1.54) is 17.0 Å². The zero-order valence-electron chi connectivity index (χ0n) is 15.8. The van der Waals surface area contributed by atoms with Crippen molar-refractivity contribution in [2.45, 2.75) is 18.9 Å². The minimum Gasteiger partial charge on any atom is -0.508 e. The van der Waals surface area contributed by atoms with Gasteiger partial charge in [-0.2, -0.15) is 0 Å². The van der Waals surface area contributed by atoms with Gasteiger partial charge in [-0.15, -0.1) is 0 Å². The minimum absolute atomic E-state index is 0.0920. The second-order valence-corrected chi connectivity index (χ2v) is 8.78. The lowest BCUT2D eigenvalue weighted by Crippen LogP contribution is -2.38. The molecule has 1 aliphatic heterocycles. The fourth-order valence-electron chi connectivity index (χ4n) is 4.99. The molecule has 8 heteroatoms. The van der Waals surface area contributed by atoms with Crippen molar-refractivity contribution in [3.05, 3.63) is 59.0 Å². The lowest BCUT2D eigenvalue weighted by atomic mass is 9.85. The highest BCUT2D eigenvalue weighted by Gasteiger charge is 2.60. The summed E-state index contributed by atoms with van der Waals surface area (Å²) in [4.78, 5) is 40.5. The molecule has 0 spiro atoms. The molecule has 2 fully saturated rings. The van der Waals surface area contributed by atoms with Crippen LogP contribution < -0.4 is 5.32 Å². The van der Waals surface area contributed by atoms with E-state index in [9.17, 15) is 19.5 Å². The summed E-state index contributed by atoms with van der Waals surface area (Å²) < 4.78 is 6.12. The zero-order chi connectivity index (χ0) is 21.0. The van der Waals surface area contributed by atoms with Crippen molar-refractivity contribution in [2.24, 2.45) is 23.7 Å². The number of carbonyl (C=O) groups excluding carboxylic acids is 3. The van der Waals surface area contributed by atoms with Crippen LogP contribution in [0.5, 0.6) is 5.75 Å². The number of likely N-dealkylation sites (tertiary alicyclic amines) is 1. The molecule has 2 bridgehead atoms. The fraction of sp³-hybridized carbons (Fsp3) is 0.318. The largest absolute Gasteiger partial charge is 0.508 e. The summed E-state index contributed by atoms with van der Waals surface area (Å²) in [6.45, 7) is 0. The maximum atomic E-state index is 13.2. The summed E-state index contributed by atoms with van der Waals surface area (Å²) in [5.74, 6) is -0.834. The number of hydrogen-bond acceptors (Lipinski definition) is 5. The van der Waals surface area contributed by atoms with E-state index in [2.05, 4.69) is 21.2 Å². The Morgan fingerprint density at radius 2 is 1.73 bits per heavy atom. The van der Waals surface area contributed by atoms with Gasteiger partial charge in [0.25, 0.3) is 0 Å². The molecular formula is C22H19BrN2O5. The summed E-state index contributed by atoms with van der Waals surface area (Å²) in [5.41, 5.74) is 0.510. The van der Waals surface area contributed by atoms with E-state index in [1.54, 1.807) is 24.3 Å². The number of allylic oxidation sites excluding steroid dienone is 2. The predicted octanol–water partition coefficient (Wildman–Crippen LogP) is 3.62. The average molecular weight is 471 g/mol. The first kappa shape index (κ1) is 19.1. The number of amides is 3. The molecule has 5 atom stereocenters. The lowest BCUT2D eigenvalue weighted by Gasteiger charge is -2.26. The number of nitrogens with zero attached hydrogens (tertiary/aromatic N) is 1. The number of benzene rings is 1. The number of phenols is 1. The highest BCUT2D eigenvalue weighted by Crippen LogP contribution is 2.54. The number of anilines is 1. The molecule has 2 N–H and O–H groups in total. The molecule has 5 unspecified atom stereocenters. The van der Waals surface area contributed by atoms with Gasteiger partial charge in [0, 0.05) is 5.69 Å². The molecule has 5 rings (SSSR count). The van der Waals surface area contributed by atoms with Gasteiger partial charge in [-0.25, -0.2) is 0 Å². The van der Waals surface area contributed by atoms with Crippen LogP contribution in [0.25, 0.3) is 0 Å². The second-order valence-electron chi connectivity index (χ2n) is 8.00. The number of halogens is 1. The van der Waals surface area contributed by atoms with Crippen LogP contribution in [-0.2, 0) is 14.4 Å². The molecule has 1 aromatic carbocycles. The Bertz CT molecular complexity index is 1030. The monoisotopic (exact) mass is 470 g/mol. The number of phenolic OH excluding ortho intramolecular Hbond substituents is 1. The third kappa shape index (κ3) is 3.06. The Kier molecular flexibility index (Phi) is 4.54. The smallest absolute Gasteiger partial charge is 0.234 e. The van der Waals surface area contributed by atoms with Crippen LogP contribution in [0.3, 0.4) is 0 Å². The normalized spacial score (nSPS) is 27.6. The first-order valence-electron chi connectivity index (χ1n) is 9.81. The average Bonchev–Trinajstić information content (AvgIpc) is 3.47. The Morgan fingerprint density at radius 1 is 1.10 bits per heavy atom. The van der Waals surface area contributed by atoms with Crippen molar-refractivity contribution < 1.29 is 23.9 Å². The third-order valence-corrected chi connectivity index (χ3v) is 6.69. The van der Waals surface area contributed by atoms with Gasteiger partial charge in [0.1, 0.15) is 17.6 Å². The maximum Gasteiger partial charge on any atom is 0.234 e. The van der Waals surface area contributed by atoms with Crippen molar-refractivity contribution in [1.82, 2.24) is 4.90 Å². The van der Waals surface area contributed by atoms with Gasteiger partial charge in [-0.1, -0.05) is 12.2 Å². The lowest BCUT2D eigenvalue weighted by molar-refractivity contribution is -0.144. The molecule has 2 aromatic rings. The first-order chi connectivity index (χ1) is 14.4. The van der Waals surface area contributed by atoms with E-state index < -0.39 is 6.04 Å². The van der Waals surface area contributed by atoms with E-state index in [1.807, 2.05) is 12.2 Å². The molecule has 154 valence electrons. The minimum atomic E-state index is -0.821. The van der Waals surface area contributed by atoms with Crippen LogP contribution in [-0.4, -0.2) is 27.7 Å². The number of carbonyl (C=O) groups is 3. The zero-order valence-corrected chi connectivity index (χ0v) is 17.4. The highest BCUT2D eigenvalue weighted by molar-refractivity contribution is 9.10. The highest BCUT2D eigenvalue weighted by atomic mass is 79.9. The quantitative estimate of drug-likeness (QED) is 0.394. The molecule has 30 heavy (non-hydrogen) atoms. The molecule has 1 saturated carbocycles. The molecule has 1 aromatic heterocycles. The standard InChI is InChI=1S/C22H19BrN2O5/c23-17-8-7-16(30-17)15(10-18(27)24-13-3-5-14(26)6-4-13)25-21(28)19-11-1-2-12(9-11)20(19)22(25)29/h1-8,11-12,15,19-20,26H,9-10H2,(H,24,27). The van der Waals surface area contributed by atoms with Crippen molar-refractivity contribution in [1.29, 1.82) is 0 Å². The number of imide groups is 1. The number of nitrogens with one attached hydrogen (secondary N) is 1. The second kappa shape index (κ2) is 7.12. The number of furan rings is 1. The molecule has 2 heterocycles. The summed E-state index contributed by atoms with van der Waals surface area (Å²) in [6.07, 6.45) is 4.80. The van der Waals surface area contributed by atoms with Crippen molar-refractivity contribution in [3.63, 3.8) is 0 Å². The van der Waals surface area contributed by atoms with Gasteiger partial charge in [0.2, 0.25) is 17.7 Å². The fourth-order valence-corrected chi connectivity index (χ4v) is 5.31.